The number of benzene rings is 2. The van der Waals surface area contributed by atoms with Crippen molar-refractivity contribution < 1.29 is 19.5 Å². The number of rotatable bonds is 5. The van der Waals surface area contributed by atoms with E-state index in [1.54, 1.807) is 36.4 Å². The van der Waals surface area contributed by atoms with Crippen LogP contribution in [0.1, 0.15) is 20.7 Å². The van der Waals surface area contributed by atoms with Crippen LogP contribution >= 0.6 is 11.6 Å². The number of hydrogen-bond acceptors (Lipinski definition) is 3. The molecule has 0 fully saturated rings. The number of amides is 2. The number of carboxylic acids is 1. The molecule has 118 valence electrons. The normalized spacial score (nSPS) is 9.96. The van der Waals surface area contributed by atoms with Gasteiger partial charge in [-0.2, -0.15) is 0 Å². The molecule has 7 heteroatoms. The summed E-state index contributed by atoms with van der Waals surface area (Å²) in [5, 5.41) is 13.8. The molecule has 0 atom stereocenters. The van der Waals surface area contributed by atoms with Crippen molar-refractivity contribution in [3.05, 3.63) is 64.7 Å². The third-order valence-electron chi connectivity index (χ3n) is 2.92. The van der Waals surface area contributed by atoms with E-state index in [1.165, 1.54) is 12.1 Å². The number of carbonyl (C=O) groups is 3. The van der Waals surface area contributed by atoms with Gasteiger partial charge in [0.25, 0.3) is 11.8 Å². The summed E-state index contributed by atoms with van der Waals surface area (Å²) in [5.74, 6) is -1.99. The van der Waals surface area contributed by atoms with Crippen LogP contribution in [0.15, 0.2) is 48.5 Å². The molecule has 0 saturated carbocycles. The maximum absolute atomic E-state index is 12.1. The van der Waals surface area contributed by atoms with Crippen LogP contribution < -0.4 is 10.6 Å². The largest absolute Gasteiger partial charge is 0.480 e. The molecule has 2 amide bonds. The third kappa shape index (κ3) is 4.55. The van der Waals surface area contributed by atoms with Crippen molar-refractivity contribution in [2.45, 2.75) is 0 Å². The summed E-state index contributed by atoms with van der Waals surface area (Å²) in [6, 6.07) is 12.7. The molecule has 3 N–H and O–H groups in total. The second-order valence-electron chi connectivity index (χ2n) is 4.59. The lowest BCUT2D eigenvalue weighted by atomic mass is 10.1. The van der Waals surface area contributed by atoms with Crippen molar-refractivity contribution in [2.24, 2.45) is 0 Å². The minimum atomic E-state index is -1.12. The van der Waals surface area contributed by atoms with Gasteiger partial charge in [0.1, 0.15) is 6.54 Å². The van der Waals surface area contributed by atoms with Crippen molar-refractivity contribution in [1.29, 1.82) is 0 Å². The van der Waals surface area contributed by atoms with Gasteiger partial charge in [-0.05, 0) is 36.4 Å². The van der Waals surface area contributed by atoms with Crippen LogP contribution in [0.4, 0.5) is 5.69 Å². The van der Waals surface area contributed by atoms with Crippen LogP contribution in [-0.4, -0.2) is 29.4 Å². The standard InChI is InChI=1S/C16H13ClN2O4/c17-13-4-2-1-3-12(13)16(23)19-11-7-5-10(6-8-11)15(22)18-9-14(20)21/h1-8H,9H2,(H,18,22)(H,19,23)(H,20,21). The Morgan fingerprint density at radius 3 is 2.22 bits per heavy atom. The zero-order valence-electron chi connectivity index (χ0n) is 11.9. The maximum atomic E-state index is 12.1. The molecule has 0 saturated heterocycles. The second kappa shape index (κ2) is 7.42. The molecule has 2 rings (SSSR count). The molecule has 0 aliphatic rings. The van der Waals surface area contributed by atoms with E-state index in [9.17, 15) is 14.4 Å². The first-order valence-electron chi connectivity index (χ1n) is 6.63. The first-order valence-corrected chi connectivity index (χ1v) is 7.01. The van der Waals surface area contributed by atoms with Gasteiger partial charge in [0, 0.05) is 11.3 Å². The van der Waals surface area contributed by atoms with Crippen molar-refractivity contribution >= 4 is 35.1 Å². The lowest BCUT2D eigenvalue weighted by molar-refractivity contribution is -0.135. The van der Waals surface area contributed by atoms with E-state index in [1.807, 2.05) is 0 Å². The fraction of sp³-hybridized carbons (Fsp3) is 0.0625. The van der Waals surface area contributed by atoms with E-state index in [2.05, 4.69) is 10.6 Å². The SMILES string of the molecule is O=C(O)CNC(=O)c1ccc(NC(=O)c2ccccc2Cl)cc1. The molecule has 23 heavy (non-hydrogen) atoms. The first kappa shape index (κ1) is 16.5. The Kier molecular flexibility index (Phi) is 5.32. The van der Waals surface area contributed by atoms with Gasteiger partial charge in [-0.1, -0.05) is 23.7 Å². The number of carbonyl (C=O) groups excluding carboxylic acids is 2. The van der Waals surface area contributed by atoms with E-state index in [4.69, 9.17) is 16.7 Å². The van der Waals surface area contributed by atoms with Gasteiger partial charge >= 0.3 is 5.97 Å². The second-order valence-corrected chi connectivity index (χ2v) is 4.99. The highest BCUT2D eigenvalue weighted by Gasteiger charge is 2.11. The Hall–Kier alpha value is -2.86. The van der Waals surface area contributed by atoms with Gasteiger partial charge in [0.2, 0.25) is 0 Å². The van der Waals surface area contributed by atoms with Crippen molar-refractivity contribution in [2.75, 3.05) is 11.9 Å². The van der Waals surface area contributed by atoms with Gasteiger partial charge in [0.15, 0.2) is 0 Å². The number of aliphatic carboxylic acids is 1. The molecule has 0 aliphatic heterocycles. The van der Waals surface area contributed by atoms with Crippen LogP contribution in [0.2, 0.25) is 5.02 Å². The number of nitrogens with one attached hydrogen (secondary N) is 2. The molecule has 2 aromatic rings. The fourth-order valence-corrected chi connectivity index (χ4v) is 2.03. The van der Waals surface area contributed by atoms with E-state index < -0.39 is 18.4 Å². The Labute approximate surface area is 137 Å². The van der Waals surface area contributed by atoms with E-state index >= 15 is 0 Å². The maximum Gasteiger partial charge on any atom is 0.322 e. The first-order chi connectivity index (χ1) is 11.0. The molecule has 0 unspecified atom stereocenters. The number of carboxylic acid groups (broad SMARTS) is 1. The highest BCUT2D eigenvalue weighted by molar-refractivity contribution is 6.34. The summed E-state index contributed by atoms with van der Waals surface area (Å²) >= 11 is 5.95. The van der Waals surface area contributed by atoms with Gasteiger partial charge in [0.05, 0.1) is 10.6 Å². The van der Waals surface area contributed by atoms with Crippen molar-refractivity contribution in [3.63, 3.8) is 0 Å². The minimum absolute atomic E-state index is 0.294. The summed E-state index contributed by atoms with van der Waals surface area (Å²) in [6.07, 6.45) is 0. The number of halogens is 1. The molecular weight excluding hydrogens is 320 g/mol. The highest BCUT2D eigenvalue weighted by atomic mass is 35.5. The molecule has 0 spiro atoms. The quantitative estimate of drug-likeness (QED) is 0.783. The van der Waals surface area contributed by atoms with Crippen LogP contribution in [0.3, 0.4) is 0 Å². The molecule has 2 aromatic carbocycles. The van der Waals surface area contributed by atoms with Crippen molar-refractivity contribution in [3.8, 4) is 0 Å². The Morgan fingerprint density at radius 2 is 1.61 bits per heavy atom. The van der Waals surface area contributed by atoms with Crippen molar-refractivity contribution in [1.82, 2.24) is 5.32 Å². The van der Waals surface area contributed by atoms with Gasteiger partial charge in [-0.15, -0.1) is 0 Å². The Bertz CT molecular complexity index is 744. The molecule has 6 nitrogen and oxygen atoms in total. The third-order valence-corrected chi connectivity index (χ3v) is 3.25. The molecule has 0 heterocycles. The topological polar surface area (TPSA) is 95.5 Å². The van der Waals surface area contributed by atoms with E-state index in [0.717, 1.165) is 0 Å². The average Bonchev–Trinajstić information content (AvgIpc) is 2.53. The molecule has 0 bridgehead atoms. The molecule has 0 aromatic heterocycles. The van der Waals surface area contributed by atoms with E-state index in [0.29, 0.717) is 21.8 Å². The van der Waals surface area contributed by atoms with Gasteiger partial charge < -0.3 is 15.7 Å². The number of hydrogen-bond donors (Lipinski definition) is 3. The Balaban J connectivity index is 2.03. The fourth-order valence-electron chi connectivity index (χ4n) is 1.81. The minimum Gasteiger partial charge on any atom is -0.480 e. The summed E-state index contributed by atoms with van der Waals surface area (Å²) in [4.78, 5) is 34.2. The predicted molar refractivity (Wildman–Crippen MR) is 85.8 cm³/mol. The summed E-state index contributed by atoms with van der Waals surface area (Å²) in [6.45, 7) is -0.455. The molecular formula is C16H13ClN2O4. The summed E-state index contributed by atoms with van der Waals surface area (Å²) in [7, 11) is 0. The molecule has 0 radical (unpaired) electrons. The smallest absolute Gasteiger partial charge is 0.322 e. The molecule has 0 aliphatic carbocycles. The average molecular weight is 333 g/mol. The monoisotopic (exact) mass is 332 g/mol. The number of anilines is 1. The zero-order valence-corrected chi connectivity index (χ0v) is 12.6. The lowest BCUT2D eigenvalue weighted by Crippen LogP contribution is -2.29. The van der Waals surface area contributed by atoms with Crippen LogP contribution in [0.5, 0.6) is 0 Å². The van der Waals surface area contributed by atoms with Crippen LogP contribution in [-0.2, 0) is 4.79 Å². The highest BCUT2D eigenvalue weighted by Crippen LogP contribution is 2.17. The van der Waals surface area contributed by atoms with Gasteiger partial charge in [-0.3, -0.25) is 14.4 Å². The van der Waals surface area contributed by atoms with Gasteiger partial charge in [-0.25, -0.2) is 0 Å². The van der Waals surface area contributed by atoms with Crippen LogP contribution in [0.25, 0.3) is 0 Å². The summed E-state index contributed by atoms with van der Waals surface area (Å²) < 4.78 is 0. The van der Waals surface area contributed by atoms with E-state index in [-0.39, 0.29) is 5.91 Å². The summed E-state index contributed by atoms with van der Waals surface area (Å²) in [5.41, 5.74) is 1.13. The zero-order chi connectivity index (χ0) is 16.8. The Morgan fingerprint density at radius 1 is 0.957 bits per heavy atom. The predicted octanol–water partition coefficient (Wildman–Crippen LogP) is 2.41. The van der Waals surface area contributed by atoms with Crippen LogP contribution in [0, 0.1) is 0 Å². The lowest BCUT2D eigenvalue weighted by Gasteiger charge is -2.08.